The summed E-state index contributed by atoms with van der Waals surface area (Å²) in [6, 6.07) is 5.62. The minimum absolute atomic E-state index is 0.0892. The molecule has 1 aromatic carbocycles. The van der Waals surface area contributed by atoms with Crippen molar-refractivity contribution in [2.75, 3.05) is 7.05 Å². The number of benzene rings is 1. The van der Waals surface area contributed by atoms with E-state index in [0.717, 1.165) is 5.56 Å². The minimum Gasteiger partial charge on any atom is -0.312 e. The molecule has 94 valence electrons. The second kappa shape index (κ2) is 4.10. The molecule has 0 bridgehead atoms. The molecular weight excluding hydrogens is 234 g/mol. The van der Waals surface area contributed by atoms with Crippen molar-refractivity contribution in [3.8, 4) is 0 Å². The van der Waals surface area contributed by atoms with E-state index < -0.39 is 9.84 Å². The lowest BCUT2D eigenvalue weighted by Crippen LogP contribution is -2.26. The van der Waals surface area contributed by atoms with Crippen LogP contribution in [0.2, 0.25) is 0 Å². The molecule has 0 aliphatic carbocycles. The van der Waals surface area contributed by atoms with Crippen molar-refractivity contribution in [1.29, 1.82) is 0 Å². The summed E-state index contributed by atoms with van der Waals surface area (Å²) in [5, 5.41) is 2.73. The highest BCUT2D eigenvalue weighted by Gasteiger charge is 2.41. The Morgan fingerprint density at radius 1 is 1.29 bits per heavy atom. The van der Waals surface area contributed by atoms with Crippen LogP contribution in [0.1, 0.15) is 43.9 Å². The molecule has 0 spiro atoms. The predicted octanol–water partition coefficient (Wildman–Crippen LogP) is 2.25. The van der Waals surface area contributed by atoms with E-state index in [0.29, 0.717) is 10.8 Å². The zero-order valence-corrected chi connectivity index (χ0v) is 11.5. The molecule has 0 aromatic heterocycles. The SMILES string of the molecule is CNC1c2cc(C(C)C)ccc2S(=O)(=O)C1C. The van der Waals surface area contributed by atoms with Crippen LogP contribution in [0.5, 0.6) is 0 Å². The third-order valence-corrected chi connectivity index (χ3v) is 5.85. The minimum atomic E-state index is -3.15. The molecule has 1 aliphatic rings. The van der Waals surface area contributed by atoms with Crippen LogP contribution in [-0.2, 0) is 9.84 Å². The van der Waals surface area contributed by atoms with Crippen molar-refractivity contribution in [2.24, 2.45) is 0 Å². The average molecular weight is 253 g/mol. The Kier molecular flexibility index (Phi) is 3.04. The summed E-state index contributed by atoms with van der Waals surface area (Å²) in [4.78, 5) is 0.494. The molecule has 3 nitrogen and oxygen atoms in total. The summed E-state index contributed by atoms with van der Waals surface area (Å²) >= 11 is 0. The van der Waals surface area contributed by atoms with Gasteiger partial charge in [-0.05, 0) is 37.1 Å². The van der Waals surface area contributed by atoms with E-state index in [9.17, 15) is 8.42 Å². The van der Waals surface area contributed by atoms with Gasteiger partial charge in [0.05, 0.1) is 16.2 Å². The number of sulfone groups is 1. The molecule has 0 fully saturated rings. The average Bonchev–Trinajstić information content (AvgIpc) is 2.47. The Bertz CT molecular complexity index is 534. The molecule has 4 heteroatoms. The zero-order chi connectivity index (χ0) is 12.8. The van der Waals surface area contributed by atoms with Gasteiger partial charge in [0.25, 0.3) is 0 Å². The van der Waals surface area contributed by atoms with Crippen molar-refractivity contribution in [3.63, 3.8) is 0 Å². The molecule has 1 heterocycles. The van der Waals surface area contributed by atoms with Gasteiger partial charge in [-0.1, -0.05) is 26.0 Å². The number of hydrogen-bond donors (Lipinski definition) is 1. The first-order valence-electron chi connectivity index (χ1n) is 5.94. The van der Waals surface area contributed by atoms with E-state index in [1.54, 1.807) is 13.0 Å². The maximum Gasteiger partial charge on any atom is 0.183 e. The van der Waals surface area contributed by atoms with Gasteiger partial charge >= 0.3 is 0 Å². The maximum atomic E-state index is 12.2. The lowest BCUT2D eigenvalue weighted by atomic mass is 9.97. The van der Waals surface area contributed by atoms with E-state index >= 15 is 0 Å². The van der Waals surface area contributed by atoms with E-state index in [2.05, 4.69) is 19.2 Å². The van der Waals surface area contributed by atoms with Crippen LogP contribution in [0.15, 0.2) is 23.1 Å². The fourth-order valence-electron chi connectivity index (χ4n) is 2.45. The Balaban J connectivity index is 2.63. The Morgan fingerprint density at radius 2 is 1.94 bits per heavy atom. The zero-order valence-electron chi connectivity index (χ0n) is 10.7. The molecule has 1 N–H and O–H groups in total. The first kappa shape index (κ1) is 12.6. The highest BCUT2D eigenvalue weighted by molar-refractivity contribution is 7.92. The summed E-state index contributed by atoms with van der Waals surface area (Å²) in [5.41, 5.74) is 2.11. The molecule has 0 saturated carbocycles. The highest BCUT2D eigenvalue weighted by atomic mass is 32.2. The lowest BCUT2D eigenvalue weighted by molar-refractivity contribution is 0.552. The number of hydrogen-bond acceptors (Lipinski definition) is 3. The second-order valence-corrected chi connectivity index (χ2v) is 7.24. The highest BCUT2D eigenvalue weighted by Crippen LogP contribution is 2.39. The van der Waals surface area contributed by atoms with Crippen molar-refractivity contribution in [1.82, 2.24) is 5.32 Å². The van der Waals surface area contributed by atoms with Gasteiger partial charge in [-0.3, -0.25) is 0 Å². The van der Waals surface area contributed by atoms with Crippen LogP contribution in [0, 0.1) is 0 Å². The van der Waals surface area contributed by atoms with Gasteiger partial charge in [-0.25, -0.2) is 8.42 Å². The molecule has 2 rings (SSSR count). The quantitative estimate of drug-likeness (QED) is 0.879. The van der Waals surface area contributed by atoms with E-state index in [4.69, 9.17) is 0 Å². The van der Waals surface area contributed by atoms with E-state index in [-0.39, 0.29) is 11.3 Å². The summed E-state index contributed by atoms with van der Waals surface area (Å²) in [5.74, 6) is 0.413. The van der Waals surface area contributed by atoms with Crippen LogP contribution in [0.4, 0.5) is 0 Å². The molecule has 2 unspecified atom stereocenters. The van der Waals surface area contributed by atoms with Gasteiger partial charge in [0.15, 0.2) is 9.84 Å². The summed E-state index contributed by atoms with van der Waals surface area (Å²) in [7, 11) is -1.34. The largest absolute Gasteiger partial charge is 0.312 e. The third kappa shape index (κ3) is 1.79. The van der Waals surface area contributed by atoms with Crippen molar-refractivity contribution in [2.45, 2.75) is 42.9 Å². The topological polar surface area (TPSA) is 46.2 Å². The number of rotatable bonds is 2. The van der Waals surface area contributed by atoms with Crippen LogP contribution in [0.3, 0.4) is 0 Å². The molecule has 2 atom stereocenters. The van der Waals surface area contributed by atoms with Gasteiger partial charge in [0, 0.05) is 0 Å². The predicted molar refractivity (Wildman–Crippen MR) is 69.0 cm³/mol. The summed E-state index contributed by atoms with van der Waals surface area (Å²) in [6.07, 6.45) is 0. The first-order valence-corrected chi connectivity index (χ1v) is 7.49. The normalized spacial score (nSPS) is 26.2. The van der Waals surface area contributed by atoms with Crippen LogP contribution in [0.25, 0.3) is 0 Å². The molecule has 0 radical (unpaired) electrons. The molecule has 1 aromatic rings. The molecular formula is C13H19NO2S. The fourth-order valence-corrected chi connectivity index (χ4v) is 4.26. The monoisotopic (exact) mass is 253 g/mol. The maximum absolute atomic E-state index is 12.2. The van der Waals surface area contributed by atoms with E-state index in [1.807, 2.05) is 19.2 Å². The summed E-state index contributed by atoms with van der Waals surface area (Å²) in [6.45, 7) is 6.00. The van der Waals surface area contributed by atoms with Crippen LogP contribution >= 0.6 is 0 Å². The smallest absolute Gasteiger partial charge is 0.183 e. The van der Waals surface area contributed by atoms with Gasteiger partial charge in [-0.2, -0.15) is 0 Å². The van der Waals surface area contributed by atoms with Crippen molar-refractivity contribution >= 4 is 9.84 Å². The van der Waals surface area contributed by atoms with Gasteiger partial charge in [0.2, 0.25) is 0 Å². The van der Waals surface area contributed by atoms with Gasteiger partial charge in [-0.15, -0.1) is 0 Å². The van der Waals surface area contributed by atoms with Crippen molar-refractivity contribution in [3.05, 3.63) is 29.3 Å². The Labute approximate surface area is 103 Å². The number of fused-ring (bicyclic) bond motifs is 1. The number of nitrogens with one attached hydrogen (secondary N) is 1. The van der Waals surface area contributed by atoms with Crippen molar-refractivity contribution < 1.29 is 8.42 Å². The van der Waals surface area contributed by atoms with Crippen LogP contribution in [-0.4, -0.2) is 20.7 Å². The van der Waals surface area contributed by atoms with Gasteiger partial charge < -0.3 is 5.32 Å². The van der Waals surface area contributed by atoms with Gasteiger partial charge in [0.1, 0.15) is 0 Å². The van der Waals surface area contributed by atoms with E-state index in [1.165, 1.54) is 5.56 Å². The standard InChI is InChI=1S/C13H19NO2S/c1-8(2)10-5-6-12-11(7-10)13(14-4)9(3)17(12,15)16/h5-9,13-14H,1-4H3. The fraction of sp³-hybridized carbons (Fsp3) is 0.538. The Morgan fingerprint density at radius 3 is 2.47 bits per heavy atom. The molecule has 17 heavy (non-hydrogen) atoms. The lowest BCUT2D eigenvalue weighted by Gasteiger charge is -2.14. The van der Waals surface area contributed by atoms with Crippen LogP contribution < -0.4 is 5.32 Å². The second-order valence-electron chi connectivity index (χ2n) is 4.97. The molecule has 0 amide bonds. The molecule has 1 aliphatic heterocycles. The Hall–Kier alpha value is -0.870. The summed E-state index contributed by atoms with van der Waals surface area (Å²) < 4.78 is 24.4. The first-order chi connectivity index (χ1) is 7.89. The third-order valence-electron chi connectivity index (χ3n) is 3.61. The molecule has 0 saturated heterocycles.